The third-order valence-electron chi connectivity index (χ3n) is 3.13. The van der Waals surface area contributed by atoms with Crippen molar-refractivity contribution in [2.75, 3.05) is 7.05 Å². The van der Waals surface area contributed by atoms with Crippen LogP contribution in [0.4, 0.5) is 0 Å². The number of rotatable bonds is 5. The number of benzene rings is 2. The molecule has 2 aromatic rings. The van der Waals surface area contributed by atoms with Crippen molar-refractivity contribution in [3.63, 3.8) is 0 Å². The standard InChI is InChI=1S/C16H18IN/c1-18-16(11-13-5-3-2-4-6-13)12-14-7-9-15(17)10-8-14/h2-10,16,18H,11-12H2,1H3. The van der Waals surface area contributed by atoms with Gasteiger partial charge in [0.1, 0.15) is 0 Å². The van der Waals surface area contributed by atoms with Gasteiger partial charge in [-0.05, 0) is 65.7 Å². The second kappa shape index (κ2) is 6.90. The summed E-state index contributed by atoms with van der Waals surface area (Å²) in [7, 11) is 2.04. The monoisotopic (exact) mass is 351 g/mol. The molecule has 0 aliphatic heterocycles. The molecule has 1 N–H and O–H groups in total. The van der Waals surface area contributed by atoms with Gasteiger partial charge in [0.2, 0.25) is 0 Å². The summed E-state index contributed by atoms with van der Waals surface area (Å²) in [6, 6.07) is 19.9. The van der Waals surface area contributed by atoms with E-state index in [1.807, 2.05) is 7.05 Å². The van der Waals surface area contributed by atoms with Crippen molar-refractivity contribution in [1.29, 1.82) is 0 Å². The van der Waals surface area contributed by atoms with Crippen molar-refractivity contribution >= 4 is 22.6 Å². The minimum absolute atomic E-state index is 0.493. The highest BCUT2D eigenvalue weighted by Crippen LogP contribution is 2.11. The SMILES string of the molecule is CNC(Cc1ccccc1)Cc1ccc(I)cc1. The molecular formula is C16H18IN. The number of likely N-dealkylation sites (N-methyl/N-ethyl adjacent to an activating group) is 1. The quantitative estimate of drug-likeness (QED) is 0.811. The highest BCUT2D eigenvalue weighted by atomic mass is 127. The number of nitrogens with one attached hydrogen (secondary N) is 1. The molecule has 2 heteroatoms. The summed E-state index contributed by atoms with van der Waals surface area (Å²) in [5.74, 6) is 0. The van der Waals surface area contributed by atoms with Gasteiger partial charge in [0, 0.05) is 9.61 Å². The fourth-order valence-corrected chi connectivity index (χ4v) is 2.44. The Morgan fingerprint density at radius 1 is 0.889 bits per heavy atom. The van der Waals surface area contributed by atoms with E-state index in [4.69, 9.17) is 0 Å². The van der Waals surface area contributed by atoms with Gasteiger partial charge in [-0.25, -0.2) is 0 Å². The Kier molecular flexibility index (Phi) is 5.20. The Labute approximate surface area is 123 Å². The molecule has 0 aromatic heterocycles. The second-order valence-corrected chi connectivity index (χ2v) is 5.75. The van der Waals surface area contributed by atoms with Gasteiger partial charge in [0.05, 0.1) is 0 Å². The summed E-state index contributed by atoms with van der Waals surface area (Å²) in [6.07, 6.45) is 2.14. The lowest BCUT2D eigenvalue weighted by Crippen LogP contribution is -2.29. The van der Waals surface area contributed by atoms with Crippen molar-refractivity contribution in [1.82, 2.24) is 5.32 Å². The van der Waals surface area contributed by atoms with E-state index in [1.54, 1.807) is 0 Å². The number of hydrogen-bond donors (Lipinski definition) is 1. The first-order valence-corrected chi connectivity index (χ1v) is 7.31. The van der Waals surface area contributed by atoms with Gasteiger partial charge >= 0.3 is 0 Å². The molecule has 1 unspecified atom stereocenters. The Bertz CT molecular complexity index is 464. The van der Waals surface area contributed by atoms with E-state index in [9.17, 15) is 0 Å². The van der Waals surface area contributed by atoms with Crippen LogP contribution in [0.3, 0.4) is 0 Å². The Morgan fingerprint density at radius 2 is 1.44 bits per heavy atom. The number of halogens is 1. The van der Waals surface area contributed by atoms with Crippen LogP contribution in [-0.2, 0) is 12.8 Å². The van der Waals surface area contributed by atoms with Crippen LogP contribution in [-0.4, -0.2) is 13.1 Å². The van der Waals surface area contributed by atoms with Crippen molar-refractivity contribution in [3.8, 4) is 0 Å². The molecule has 1 atom stereocenters. The third-order valence-corrected chi connectivity index (χ3v) is 3.85. The van der Waals surface area contributed by atoms with Crippen molar-refractivity contribution < 1.29 is 0 Å². The molecular weight excluding hydrogens is 333 g/mol. The van der Waals surface area contributed by atoms with Crippen LogP contribution >= 0.6 is 22.6 Å². The molecule has 0 spiro atoms. The van der Waals surface area contributed by atoms with Crippen LogP contribution in [0, 0.1) is 3.57 Å². The second-order valence-electron chi connectivity index (χ2n) is 4.51. The topological polar surface area (TPSA) is 12.0 Å². The summed E-state index contributed by atoms with van der Waals surface area (Å²) in [5.41, 5.74) is 2.79. The zero-order valence-corrected chi connectivity index (χ0v) is 12.7. The van der Waals surface area contributed by atoms with Crippen LogP contribution in [0.1, 0.15) is 11.1 Å². The Morgan fingerprint density at radius 3 is 2.00 bits per heavy atom. The van der Waals surface area contributed by atoms with E-state index >= 15 is 0 Å². The molecule has 0 saturated carbocycles. The molecule has 2 aromatic carbocycles. The first-order valence-electron chi connectivity index (χ1n) is 6.23. The molecule has 0 amide bonds. The molecule has 94 valence electrons. The Hall–Kier alpha value is -0.870. The molecule has 0 aliphatic carbocycles. The summed E-state index contributed by atoms with van der Waals surface area (Å²) >= 11 is 2.34. The van der Waals surface area contributed by atoms with E-state index in [2.05, 4.69) is 82.5 Å². The van der Waals surface area contributed by atoms with Crippen LogP contribution in [0.2, 0.25) is 0 Å². The molecule has 0 saturated heterocycles. The van der Waals surface area contributed by atoms with Gasteiger partial charge in [-0.3, -0.25) is 0 Å². The van der Waals surface area contributed by atoms with Gasteiger partial charge in [-0.1, -0.05) is 42.5 Å². The van der Waals surface area contributed by atoms with Crippen molar-refractivity contribution in [3.05, 3.63) is 69.3 Å². The molecule has 0 fully saturated rings. The molecule has 0 heterocycles. The lowest BCUT2D eigenvalue weighted by molar-refractivity contribution is 0.556. The van der Waals surface area contributed by atoms with Crippen molar-refractivity contribution in [2.24, 2.45) is 0 Å². The minimum Gasteiger partial charge on any atom is -0.316 e. The van der Waals surface area contributed by atoms with Gasteiger partial charge in [0.15, 0.2) is 0 Å². The van der Waals surface area contributed by atoms with Crippen LogP contribution in [0.15, 0.2) is 54.6 Å². The normalized spacial score (nSPS) is 12.3. The van der Waals surface area contributed by atoms with Crippen LogP contribution < -0.4 is 5.32 Å². The average Bonchev–Trinajstić information content (AvgIpc) is 2.41. The van der Waals surface area contributed by atoms with Gasteiger partial charge in [-0.2, -0.15) is 0 Å². The highest BCUT2D eigenvalue weighted by molar-refractivity contribution is 14.1. The maximum atomic E-state index is 3.41. The lowest BCUT2D eigenvalue weighted by Gasteiger charge is -2.16. The fourth-order valence-electron chi connectivity index (χ4n) is 2.08. The smallest absolute Gasteiger partial charge is 0.0145 e. The fraction of sp³-hybridized carbons (Fsp3) is 0.250. The van der Waals surface area contributed by atoms with E-state index in [-0.39, 0.29) is 0 Å². The zero-order valence-electron chi connectivity index (χ0n) is 10.6. The van der Waals surface area contributed by atoms with Crippen molar-refractivity contribution in [2.45, 2.75) is 18.9 Å². The van der Waals surface area contributed by atoms with E-state index in [0.29, 0.717) is 6.04 Å². The molecule has 0 aliphatic rings. The first-order chi connectivity index (χ1) is 8.78. The zero-order chi connectivity index (χ0) is 12.8. The molecule has 0 radical (unpaired) electrons. The average molecular weight is 351 g/mol. The predicted molar refractivity (Wildman–Crippen MR) is 85.9 cm³/mol. The molecule has 1 nitrogen and oxygen atoms in total. The predicted octanol–water partition coefficient (Wildman–Crippen LogP) is 3.66. The highest BCUT2D eigenvalue weighted by Gasteiger charge is 2.08. The summed E-state index contributed by atoms with van der Waals surface area (Å²) in [4.78, 5) is 0. The van der Waals surface area contributed by atoms with Gasteiger partial charge < -0.3 is 5.32 Å². The summed E-state index contributed by atoms with van der Waals surface area (Å²) in [6.45, 7) is 0. The van der Waals surface area contributed by atoms with Gasteiger partial charge in [-0.15, -0.1) is 0 Å². The molecule has 2 rings (SSSR count). The summed E-state index contributed by atoms with van der Waals surface area (Å²) in [5, 5.41) is 3.41. The number of hydrogen-bond acceptors (Lipinski definition) is 1. The lowest BCUT2D eigenvalue weighted by atomic mass is 9.99. The molecule has 0 bridgehead atoms. The Balaban J connectivity index is 1.99. The minimum atomic E-state index is 0.493. The van der Waals surface area contributed by atoms with Crippen LogP contribution in [0.5, 0.6) is 0 Å². The van der Waals surface area contributed by atoms with E-state index < -0.39 is 0 Å². The largest absolute Gasteiger partial charge is 0.316 e. The first kappa shape index (κ1) is 13.6. The van der Waals surface area contributed by atoms with Crippen LogP contribution in [0.25, 0.3) is 0 Å². The molecule has 18 heavy (non-hydrogen) atoms. The maximum absolute atomic E-state index is 3.41. The third kappa shape index (κ3) is 4.10. The summed E-state index contributed by atoms with van der Waals surface area (Å²) < 4.78 is 1.29. The maximum Gasteiger partial charge on any atom is 0.0145 e. The van der Waals surface area contributed by atoms with E-state index in [0.717, 1.165) is 12.8 Å². The van der Waals surface area contributed by atoms with Gasteiger partial charge in [0.25, 0.3) is 0 Å². The van der Waals surface area contributed by atoms with E-state index in [1.165, 1.54) is 14.7 Å².